The lowest BCUT2D eigenvalue weighted by Crippen LogP contribution is -2.40. The first-order valence-corrected chi connectivity index (χ1v) is 8.50. The van der Waals surface area contributed by atoms with Crippen molar-refractivity contribution in [2.75, 3.05) is 31.8 Å². The van der Waals surface area contributed by atoms with E-state index in [-0.39, 0.29) is 29.1 Å². The second kappa shape index (κ2) is 8.52. The van der Waals surface area contributed by atoms with E-state index in [4.69, 9.17) is 0 Å². The number of benzene rings is 1. The summed E-state index contributed by atoms with van der Waals surface area (Å²) in [5, 5.41) is 4.84. The summed E-state index contributed by atoms with van der Waals surface area (Å²) in [6.07, 6.45) is -0.00743. The molecule has 0 saturated carbocycles. The average molecular weight is 366 g/mol. The molecule has 1 atom stereocenters. The van der Waals surface area contributed by atoms with Crippen LogP contribution in [-0.4, -0.2) is 55.5 Å². The van der Waals surface area contributed by atoms with Gasteiger partial charge in [-0.1, -0.05) is 0 Å². The van der Waals surface area contributed by atoms with Crippen molar-refractivity contribution in [3.05, 3.63) is 29.3 Å². The quantitative estimate of drug-likeness (QED) is 0.742. The fraction of sp³-hybridized carbons (Fsp3) is 0.375. The van der Waals surface area contributed by atoms with Gasteiger partial charge in [-0.25, -0.2) is 9.59 Å². The highest BCUT2D eigenvalue weighted by Crippen LogP contribution is 2.21. The van der Waals surface area contributed by atoms with Gasteiger partial charge in [-0.15, -0.1) is 11.8 Å². The number of esters is 2. The molecule has 0 radical (unpaired) electrons. The molecule has 1 fully saturated rings. The minimum Gasteiger partial charge on any atom is -0.465 e. The molecule has 0 aliphatic carbocycles. The molecule has 134 valence electrons. The molecule has 0 spiro atoms. The highest BCUT2D eigenvalue weighted by molar-refractivity contribution is 8.00. The highest BCUT2D eigenvalue weighted by Gasteiger charge is 2.25. The maximum Gasteiger partial charge on any atom is 0.337 e. The van der Waals surface area contributed by atoms with Gasteiger partial charge in [0, 0.05) is 24.4 Å². The van der Waals surface area contributed by atoms with Crippen molar-refractivity contribution in [3.8, 4) is 0 Å². The second-order valence-corrected chi connectivity index (χ2v) is 6.50. The molecule has 1 aromatic carbocycles. The van der Waals surface area contributed by atoms with Gasteiger partial charge in [0.2, 0.25) is 11.8 Å². The second-order valence-electron chi connectivity index (χ2n) is 5.18. The van der Waals surface area contributed by atoms with E-state index in [2.05, 4.69) is 20.1 Å². The van der Waals surface area contributed by atoms with Crippen molar-refractivity contribution < 1.29 is 28.7 Å². The van der Waals surface area contributed by atoms with Crippen LogP contribution in [0.3, 0.4) is 0 Å². The van der Waals surface area contributed by atoms with E-state index in [0.29, 0.717) is 6.54 Å². The maximum absolute atomic E-state index is 12.2. The van der Waals surface area contributed by atoms with Crippen molar-refractivity contribution >= 4 is 41.2 Å². The summed E-state index contributed by atoms with van der Waals surface area (Å²) in [5.41, 5.74) is 0.450. The number of carbonyl (C=O) groups is 4. The van der Waals surface area contributed by atoms with Crippen LogP contribution in [0, 0.1) is 0 Å². The minimum absolute atomic E-state index is 0.00743. The van der Waals surface area contributed by atoms with Crippen molar-refractivity contribution in [3.63, 3.8) is 0 Å². The molecule has 2 N–H and O–H groups in total. The molecular formula is C16H18N2O6S. The van der Waals surface area contributed by atoms with Crippen LogP contribution in [0.4, 0.5) is 5.69 Å². The third-order valence-corrected chi connectivity index (χ3v) is 4.67. The molecular weight excluding hydrogens is 348 g/mol. The van der Waals surface area contributed by atoms with Crippen LogP contribution < -0.4 is 10.6 Å². The van der Waals surface area contributed by atoms with Crippen molar-refractivity contribution in [1.82, 2.24) is 5.32 Å². The molecule has 8 nitrogen and oxygen atoms in total. The Hall–Kier alpha value is -2.55. The number of thioether (sulfide) groups is 1. The standard InChI is InChI=1S/C16H18N2O6S/c1-23-15(21)9-5-10(16(22)24-2)7-11(6-9)18-13(19)8-12-14(20)17-3-4-25-12/h5-7,12H,3-4,8H2,1-2H3,(H,17,20)(H,18,19)/t12-/m1/s1. The van der Waals surface area contributed by atoms with Gasteiger partial charge >= 0.3 is 11.9 Å². The lowest BCUT2D eigenvalue weighted by atomic mass is 10.1. The van der Waals surface area contributed by atoms with Crippen molar-refractivity contribution in [1.29, 1.82) is 0 Å². The summed E-state index contributed by atoms with van der Waals surface area (Å²) in [5.74, 6) is -1.13. The summed E-state index contributed by atoms with van der Waals surface area (Å²) < 4.78 is 9.28. The fourth-order valence-corrected chi connectivity index (χ4v) is 3.28. The van der Waals surface area contributed by atoms with E-state index in [1.54, 1.807) is 0 Å². The molecule has 2 amide bonds. The number of rotatable bonds is 5. The number of ether oxygens (including phenoxy) is 2. The van der Waals surface area contributed by atoms with Crippen LogP contribution in [0.25, 0.3) is 0 Å². The first-order valence-electron chi connectivity index (χ1n) is 7.45. The van der Waals surface area contributed by atoms with Crippen LogP contribution in [0.1, 0.15) is 27.1 Å². The summed E-state index contributed by atoms with van der Waals surface area (Å²) in [4.78, 5) is 47.4. The van der Waals surface area contributed by atoms with E-state index < -0.39 is 23.1 Å². The molecule has 1 heterocycles. The summed E-state index contributed by atoms with van der Waals surface area (Å²) in [6.45, 7) is 0.589. The molecule has 2 rings (SSSR count). The largest absolute Gasteiger partial charge is 0.465 e. The van der Waals surface area contributed by atoms with Crippen molar-refractivity contribution in [2.24, 2.45) is 0 Å². The van der Waals surface area contributed by atoms with Crippen LogP contribution in [0.15, 0.2) is 18.2 Å². The summed E-state index contributed by atoms with van der Waals surface area (Å²) in [6, 6.07) is 4.10. The topological polar surface area (TPSA) is 111 Å². The molecule has 25 heavy (non-hydrogen) atoms. The smallest absolute Gasteiger partial charge is 0.337 e. The van der Waals surface area contributed by atoms with Crippen molar-refractivity contribution in [2.45, 2.75) is 11.7 Å². The Bertz CT molecular complexity index is 672. The van der Waals surface area contributed by atoms with Gasteiger partial charge in [-0.2, -0.15) is 0 Å². The van der Waals surface area contributed by atoms with Crippen LogP contribution in [0.2, 0.25) is 0 Å². The zero-order valence-electron chi connectivity index (χ0n) is 13.8. The fourth-order valence-electron chi connectivity index (χ4n) is 2.27. The predicted octanol–water partition coefficient (Wildman–Crippen LogP) is 0.820. The minimum atomic E-state index is -0.650. The van der Waals surface area contributed by atoms with Gasteiger partial charge in [0.15, 0.2) is 0 Å². The average Bonchev–Trinajstić information content (AvgIpc) is 2.61. The monoisotopic (exact) mass is 366 g/mol. The molecule has 0 aromatic heterocycles. The lowest BCUT2D eigenvalue weighted by Gasteiger charge is -2.21. The van der Waals surface area contributed by atoms with E-state index in [9.17, 15) is 19.2 Å². The van der Waals surface area contributed by atoms with Gasteiger partial charge in [-0.05, 0) is 18.2 Å². The Kier molecular flexibility index (Phi) is 6.40. The first-order chi connectivity index (χ1) is 11.9. The van der Waals surface area contributed by atoms with Crippen LogP contribution in [0.5, 0.6) is 0 Å². The van der Waals surface area contributed by atoms with E-state index in [1.807, 2.05) is 0 Å². The van der Waals surface area contributed by atoms with E-state index >= 15 is 0 Å². The third kappa shape index (κ3) is 4.96. The Morgan fingerprint density at radius 2 is 1.76 bits per heavy atom. The molecule has 1 aromatic rings. The first kappa shape index (κ1) is 18.8. The normalized spacial score (nSPS) is 16.6. The zero-order valence-corrected chi connectivity index (χ0v) is 14.6. The number of amides is 2. The molecule has 9 heteroatoms. The zero-order chi connectivity index (χ0) is 18.4. The molecule has 1 aliphatic heterocycles. The number of hydrogen-bond acceptors (Lipinski definition) is 7. The Balaban J connectivity index is 2.16. The maximum atomic E-state index is 12.2. The number of carbonyl (C=O) groups excluding carboxylic acids is 4. The Morgan fingerprint density at radius 1 is 1.16 bits per heavy atom. The number of methoxy groups -OCH3 is 2. The van der Waals surface area contributed by atoms with E-state index in [0.717, 1.165) is 5.75 Å². The summed E-state index contributed by atoms with van der Waals surface area (Å²) >= 11 is 1.41. The van der Waals surface area contributed by atoms with E-state index in [1.165, 1.54) is 44.2 Å². The Morgan fingerprint density at radius 3 is 2.28 bits per heavy atom. The number of anilines is 1. The van der Waals surface area contributed by atoms with Crippen LogP contribution >= 0.6 is 11.8 Å². The predicted molar refractivity (Wildman–Crippen MR) is 91.6 cm³/mol. The van der Waals surface area contributed by atoms with Gasteiger partial charge in [0.1, 0.15) is 0 Å². The van der Waals surface area contributed by atoms with Gasteiger partial charge < -0.3 is 20.1 Å². The molecule has 1 aliphatic rings. The molecule has 0 bridgehead atoms. The number of hydrogen-bond donors (Lipinski definition) is 2. The van der Waals surface area contributed by atoms with Crippen LogP contribution in [-0.2, 0) is 19.1 Å². The molecule has 1 saturated heterocycles. The highest BCUT2D eigenvalue weighted by atomic mass is 32.2. The summed E-state index contributed by atoms with van der Waals surface area (Å²) in [7, 11) is 2.43. The third-order valence-electron chi connectivity index (χ3n) is 3.44. The number of nitrogens with one attached hydrogen (secondary N) is 2. The van der Waals surface area contributed by atoms with Gasteiger partial charge in [-0.3, -0.25) is 9.59 Å². The van der Waals surface area contributed by atoms with Gasteiger partial charge in [0.25, 0.3) is 0 Å². The lowest BCUT2D eigenvalue weighted by molar-refractivity contribution is -0.123. The molecule has 0 unspecified atom stereocenters. The van der Waals surface area contributed by atoms with Gasteiger partial charge in [0.05, 0.1) is 30.6 Å². The SMILES string of the molecule is COC(=O)c1cc(NC(=O)C[C@H]2SCCNC2=O)cc(C(=O)OC)c1. The Labute approximate surface area is 148 Å².